The Kier molecular flexibility index (Phi) is 25.6. The fourth-order valence-corrected chi connectivity index (χ4v) is 8.42. The summed E-state index contributed by atoms with van der Waals surface area (Å²) in [4.78, 5) is 0. The van der Waals surface area contributed by atoms with Gasteiger partial charge in [0, 0.05) is 0 Å². The van der Waals surface area contributed by atoms with Gasteiger partial charge in [-0.25, -0.2) is 0 Å². The summed E-state index contributed by atoms with van der Waals surface area (Å²) in [5.74, 6) is 0. The maximum Gasteiger partial charge on any atom is -0.0152 e. The first-order valence-electron chi connectivity index (χ1n) is 21.8. The standard InChI is InChI=1S/3C12H12.C12H16.C12H12.6CH4/c1-9-3-5-12-8-10(2)4-6-11(12)7-9;1-9-3-5-11-6-4-10(2)8-12(11)7-9;1-9-5-3-8-12-10(2)6-4-7-11(9)12;2*1-9-7-8-10(2)12-6-4-3-5-11(9)12;;;;;;/h3*3-8H,1-2H3;7-8H,3-6H2,1-2H3;3-8H,1-2H3;6*1H4. The van der Waals surface area contributed by atoms with Gasteiger partial charge in [0.05, 0.1) is 0 Å². The fraction of sp³-hybridized carbons (Fsp3) is 0.303. The van der Waals surface area contributed by atoms with Gasteiger partial charge in [-0.3, -0.25) is 0 Å². The molecule has 0 nitrogen and oxygen atoms in total. The van der Waals surface area contributed by atoms with E-state index in [4.69, 9.17) is 0 Å². The lowest BCUT2D eigenvalue weighted by atomic mass is 9.86. The monoisotopic (exact) mass is 881 g/mol. The number of fused-ring (bicyclic) bond motifs is 5. The van der Waals surface area contributed by atoms with Crippen LogP contribution in [0.1, 0.15) is 124 Å². The molecule has 0 aromatic heterocycles. The Balaban J connectivity index is 0.000000782. The minimum absolute atomic E-state index is 0. The molecule has 9 aromatic rings. The lowest BCUT2D eigenvalue weighted by molar-refractivity contribution is 0.678. The van der Waals surface area contributed by atoms with Crippen LogP contribution in [-0.2, 0) is 12.8 Å². The summed E-state index contributed by atoms with van der Waals surface area (Å²) < 4.78 is 0. The van der Waals surface area contributed by atoms with E-state index in [9.17, 15) is 0 Å². The van der Waals surface area contributed by atoms with Crippen LogP contribution < -0.4 is 0 Å². The van der Waals surface area contributed by atoms with Crippen molar-refractivity contribution in [3.05, 3.63) is 224 Å². The molecule has 0 bridgehead atoms. The molecule has 0 heteroatoms. The maximum atomic E-state index is 2.26. The molecule has 9 aromatic carbocycles. The van der Waals surface area contributed by atoms with Crippen molar-refractivity contribution in [2.45, 2.75) is 139 Å². The zero-order chi connectivity index (χ0) is 42.8. The predicted molar refractivity (Wildman–Crippen MR) is 307 cm³/mol. The van der Waals surface area contributed by atoms with E-state index in [0.717, 1.165) is 0 Å². The average Bonchev–Trinajstić information content (AvgIpc) is 3.25. The van der Waals surface area contributed by atoms with Crippen LogP contribution in [0.15, 0.2) is 158 Å². The molecule has 0 saturated carbocycles. The third-order valence-electron chi connectivity index (χ3n) is 12.0. The fourth-order valence-electron chi connectivity index (χ4n) is 8.42. The molecule has 0 aliphatic heterocycles. The average molecular weight is 881 g/mol. The second-order valence-electron chi connectivity index (χ2n) is 17.1. The topological polar surface area (TPSA) is 0 Å². The highest BCUT2D eigenvalue weighted by Crippen LogP contribution is 2.27. The van der Waals surface area contributed by atoms with Crippen molar-refractivity contribution in [1.29, 1.82) is 0 Å². The highest BCUT2D eigenvalue weighted by Gasteiger charge is 2.12. The van der Waals surface area contributed by atoms with Gasteiger partial charge in [0.15, 0.2) is 0 Å². The minimum atomic E-state index is 0. The van der Waals surface area contributed by atoms with Gasteiger partial charge in [0.25, 0.3) is 0 Å². The Hall–Kier alpha value is -5.98. The van der Waals surface area contributed by atoms with Crippen LogP contribution in [0, 0.1) is 69.2 Å². The molecule has 0 unspecified atom stereocenters. The second kappa shape index (κ2) is 28.1. The van der Waals surface area contributed by atoms with Gasteiger partial charge in [0.1, 0.15) is 0 Å². The van der Waals surface area contributed by atoms with E-state index in [2.05, 4.69) is 227 Å². The molecule has 0 spiro atoms. The Morgan fingerprint density at radius 2 is 0.515 bits per heavy atom. The van der Waals surface area contributed by atoms with Crippen LogP contribution in [0.5, 0.6) is 0 Å². The molecular formula is C66H88. The van der Waals surface area contributed by atoms with Crippen molar-refractivity contribution in [3.8, 4) is 0 Å². The molecule has 0 atom stereocenters. The third-order valence-corrected chi connectivity index (χ3v) is 12.0. The Bertz CT molecular complexity index is 2640. The van der Waals surface area contributed by atoms with Gasteiger partial charge in [-0.05, 0) is 183 Å². The molecule has 0 radical (unpaired) electrons. The quantitative estimate of drug-likeness (QED) is 0.142. The molecule has 0 amide bonds. The number of benzene rings is 9. The SMILES string of the molecule is C.C.C.C.C.C.Cc1ccc(C)c2c1CCCC2.Cc1ccc(C)c2ccccc12.Cc1ccc2cc(C)ccc2c1.Cc1ccc2ccc(C)cc2c1.Cc1cccc2c(C)cccc12. The molecule has 0 fully saturated rings. The summed E-state index contributed by atoms with van der Waals surface area (Å²) in [5, 5.41) is 10.8. The Morgan fingerprint density at radius 1 is 0.242 bits per heavy atom. The second-order valence-corrected chi connectivity index (χ2v) is 17.1. The highest BCUT2D eigenvalue weighted by molar-refractivity contribution is 5.89. The number of rotatable bonds is 0. The van der Waals surface area contributed by atoms with E-state index in [1.807, 2.05) is 0 Å². The first-order chi connectivity index (χ1) is 28.9. The molecule has 1 aliphatic rings. The zero-order valence-corrected chi connectivity index (χ0v) is 37.8. The van der Waals surface area contributed by atoms with E-state index in [1.54, 1.807) is 11.1 Å². The molecule has 352 valence electrons. The van der Waals surface area contributed by atoms with Gasteiger partial charge in [-0.15, -0.1) is 0 Å². The molecule has 0 N–H and O–H groups in total. The predicted octanol–water partition coefficient (Wildman–Crippen LogP) is 20.8. The van der Waals surface area contributed by atoms with Crippen LogP contribution in [0.3, 0.4) is 0 Å². The normalized spacial score (nSPS) is 10.5. The van der Waals surface area contributed by atoms with Gasteiger partial charge in [-0.1, -0.05) is 225 Å². The van der Waals surface area contributed by atoms with Crippen LogP contribution in [0.25, 0.3) is 43.1 Å². The van der Waals surface area contributed by atoms with Crippen molar-refractivity contribution >= 4 is 43.1 Å². The molecule has 66 heavy (non-hydrogen) atoms. The van der Waals surface area contributed by atoms with Crippen molar-refractivity contribution in [1.82, 2.24) is 0 Å². The summed E-state index contributed by atoms with van der Waals surface area (Å²) >= 11 is 0. The number of aryl methyl sites for hydroxylation is 10. The summed E-state index contributed by atoms with van der Waals surface area (Å²) in [6, 6.07) is 56.5. The van der Waals surface area contributed by atoms with E-state index < -0.39 is 0 Å². The lowest BCUT2D eigenvalue weighted by Gasteiger charge is -2.19. The number of hydrogen-bond acceptors (Lipinski definition) is 0. The highest BCUT2D eigenvalue weighted by atomic mass is 14.2. The van der Waals surface area contributed by atoms with E-state index in [-0.39, 0.29) is 44.6 Å². The van der Waals surface area contributed by atoms with Crippen molar-refractivity contribution in [3.63, 3.8) is 0 Å². The minimum Gasteiger partial charge on any atom is -0.0776 e. The van der Waals surface area contributed by atoms with Crippen LogP contribution in [-0.4, -0.2) is 0 Å². The molecular weight excluding hydrogens is 793 g/mol. The largest absolute Gasteiger partial charge is 0.0776 e. The van der Waals surface area contributed by atoms with Crippen molar-refractivity contribution in [2.24, 2.45) is 0 Å². The summed E-state index contributed by atoms with van der Waals surface area (Å²) in [5.41, 5.74) is 17.0. The van der Waals surface area contributed by atoms with Gasteiger partial charge in [-0.2, -0.15) is 0 Å². The molecule has 0 heterocycles. The Labute approximate surface area is 405 Å². The summed E-state index contributed by atoms with van der Waals surface area (Å²) in [6.07, 6.45) is 5.39. The zero-order valence-electron chi connectivity index (χ0n) is 37.8. The first-order valence-corrected chi connectivity index (χ1v) is 21.8. The smallest absolute Gasteiger partial charge is 0.0152 e. The summed E-state index contributed by atoms with van der Waals surface area (Å²) in [7, 11) is 0. The Morgan fingerprint density at radius 3 is 0.864 bits per heavy atom. The van der Waals surface area contributed by atoms with E-state index in [0.29, 0.717) is 0 Å². The van der Waals surface area contributed by atoms with Crippen LogP contribution >= 0.6 is 0 Å². The van der Waals surface area contributed by atoms with Crippen molar-refractivity contribution in [2.75, 3.05) is 0 Å². The molecule has 10 rings (SSSR count). The molecule has 1 aliphatic carbocycles. The summed E-state index contributed by atoms with van der Waals surface area (Å²) in [6.45, 7) is 21.6. The van der Waals surface area contributed by atoms with Gasteiger partial charge < -0.3 is 0 Å². The van der Waals surface area contributed by atoms with E-state index in [1.165, 1.54) is 124 Å². The molecule has 0 saturated heterocycles. The third kappa shape index (κ3) is 15.6. The first kappa shape index (κ1) is 60.0. The maximum absolute atomic E-state index is 2.26. The van der Waals surface area contributed by atoms with E-state index >= 15 is 0 Å². The lowest BCUT2D eigenvalue weighted by Crippen LogP contribution is -2.06. The van der Waals surface area contributed by atoms with Crippen LogP contribution in [0.2, 0.25) is 0 Å². The number of hydrogen-bond donors (Lipinski definition) is 0. The van der Waals surface area contributed by atoms with Gasteiger partial charge in [0.2, 0.25) is 0 Å². The van der Waals surface area contributed by atoms with Gasteiger partial charge >= 0.3 is 0 Å². The van der Waals surface area contributed by atoms with Crippen molar-refractivity contribution < 1.29 is 0 Å². The van der Waals surface area contributed by atoms with Crippen LogP contribution in [0.4, 0.5) is 0 Å².